The van der Waals surface area contributed by atoms with Gasteiger partial charge in [0.1, 0.15) is 17.5 Å². The first-order valence-electron chi connectivity index (χ1n) is 8.64. The predicted molar refractivity (Wildman–Crippen MR) is 87.9 cm³/mol. The lowest BCUT2D eigenvalue weighted by atomic mass is 9.78. The first-order chi connectivity index (χ1) is 10.3. The number of rotatable bonds is 4. The molecular formula is C17H28N4. The number of nitrogens with one attached hydrogen (secondary N) is 1. The van der Waals surface area contributed by atoms with Crippen molar-refractivity contribution in [1.29, 1.82) is 0 Å². The summed E-state index contributed by atoms with van der Waals surface area (Å²) in [5, 5.41) is 3.20. The van der Waals surface area contributed by atoms with E-state index in [0.29, 0.717) is 6.04 Å². The summed E-state index contributed by atoms with van der Waals surface area (Å²) in [6.45, 7) is 3.35. The Bertz CT molecular complexity index is 472. The van der Waals surface area contributed by atoms with Gasteiger partial charge in [-0.2, -0.15) is 0 Å². The fourth-order valence-electron chi connectivity index (χ4n) is 4.00. The second kappa shape index (κ2) is 6.63. The smallest absolute Gasteiger partial charge is 0.134 e. The Labute approximate surface area is 128 Å². The minimum absolute atomic E-state index is 0.710. The number of hydrogen-bond donors (Lipinski definition) is 1. The molecular weight excluding hydrogens is 260 g/mol. The molecule has 1 aliphatic heterocycles. The summed E-state index contributed by atoms with van der Waals surface area (Å²) in [7, 11) is 1.95. The van der Waals surface area contributed by atoms with Gasteiger partial charge >= 0.3 is 0 Å². The van der Waals surface area contributed by atoms with Gasteiger partial charge in [-0.15, -0.1) is 0 Å². The summed E-state index contributed by atoms with van der Waals surface area (Å²) in [4.78, 5) is 12.0. The highest BCUT2D eigenvalue weighted by Crippen LogP contribution is 2.37. The van der Waals surface area contributed by atoms with E-state index in [9.17, 15) is 0 Å². The maximum atomic E-state index is 4.86. The van der Waals surface area contributed by atoms with Gasteiger partial charge in [0, 0.05) is 32.1 Å². The number of hydrogen-bond acceptors (Lipinski definition) is 4. The standard InChI is InChI=1S/C17H28N4/c1-3-7-15-19-16(18-2)12-17(20-15)21-11-6-9-13-8-4-5-10-14(13)21/h12-14H,3-11H2,1-2H3,(H,18,19,20)/t13-,14-/m1/s1. The number of piperidine rings is 1. The molecule has 1 N–H and O–H groups in total. The summed E-state index contributed by atoms with van der Waals surface area (Å²) in [6, 6.07) is 2.84. The number of nitrogens with zero attached hydrogens (tertiary/aromatic N) is 3. The molecule has 0 spiro atoms. The zero-order chi connectivity index (χ0) is 14.7. The third kappa shape index (κ3) is 3.14. The quantitative estimate of drug-likeness (QED) is 0.918. The van der Waals surface area contributed by atoms with Gasteiger partial charge in [-0.1, -0.05) is 19.8 Å². The summed E-state index contributed by atoms with van der Waals surface area (Å²) < 4.78 is 0. The lowest BCUT2D eigenvalue weighted by Crippen LogP contribution is -2.47. The van der Waals surface area contributed by atoms with Gasteiger partial charge in [0.2, 0.25) is 0 Å². The highest BCUT2D eigenvalue weighted by molar-refractivity contribution is 5.50. The first-order valence-corrected chi connectivity index (χ1v) is 8.64. The molecule has 116 valence electrons. The summed E-state index contributed by atoms with van der Waals surface area (Å²) in [5.41, 5.74) is 0. The van der Waals surface area contributed by atoms with Crippen LogP contribution in [0, 0.1) is 5.92 Å². The van der Waals surface area contributed by atoms with Gasteiger partial charge < -0.3 is 10.2 Å². The fraction of sp³-hybridized carbons (Fsp3) is 0.765. The number of aryl methyl sites for hydroxylation is 1. The number of aromatic nitrogens is 2. The van der Waals surface area contributed by atoms with Gasteiger partial charge in [0.05, 0.1) is 0 Å². The van der Waals surface area contributed by atoms with Crippen LogP contribution in [0.3, 0.4) is 0 Å². The topological polar surface area (TPSA) is 41.1 Å². The van der Waals surface area contributed by atoms with Crippen LogP contribution in [-0.4, -0.2) is 29.6 Å². The molecule has 4 heteroatoms. The van der Waals surface area contributed by atoms with Crippen molar-refractivity contribution in [1.82, 2.24) is 9.97 Å². The summed E-state index contributed by atoms with van der Waals surface area (Å²) in [6.07, 6.45) is 10.3. The van der Waals surface area contributed by atoms with Crippen LogP contribution in [0.25, 0.3) is 0 Å². The van der Waals surface area contributed by atoms with Crippen molar-refractivity contribution >= 4 is 11.6 Å². The van der Waals surface area contributed by atoms with E-state index in [0.717, 1.165) is 42.8 Å². The average Bonchev–Trinajstić information content (AvgIpc) is 2.54. The fourth-order valence-corrected chi connectivity index (χ4v) is 4.00. The zero-order valence-corrected chi connectivity index (χ0v) is 13.4. The Morgan fingerprint density at radius 1 is 1.19 bits per heavy atom. The summed E-state index contributed by atoms with van der Waals surface area (Å²) >= 11 is 0. The van der Waals surface area contributed by atoms with Gasteiger partial charge in [-0.05, 0) is 38.0 Å². The van der Waals surface area contributed by atoms with E-state index >= 15 is 0 Å². The highest BCUT2D eigenvalue weighted by Gasteiger charge is 2.34. The van der Waals surface area contributed by atoms with Crippen molar-refractivity contribution < 1.29 is 0 Å². The lowest BCUT2D eigenvalue weighted by Gasteiger charge is -2.44. The van der Waals surface area contributed by atoms with Crippen molar-refractivity contribution in [2.45, 2.75) is 64.3 Å². The molecule has 1 aliphatic carbocycles. The molecule has 0 amide bonds. The second-order valence-corrected chi connectivity index (χ2v) is 6.48. The molecule has 0 unspecified atom stereocenters. The molecule has 2 fully saturated rings. The monoisotopic (exact) mass is 288 g/mol. The van der Waals surface area contributed by atoms with Gasteiger partial charge in [-0.3, -0.25) is 0 Å². The van der Waals surface area contributed by atoms with E-state index in [1.165, 1.54) is 38.5 Å². The Morgan fingerprint density at radius 2 is 2.00 bits per heavy atom. The minimum atomic E-state index is 0.710. The molecule has 1 aromatic heterocycles. The van der Waals surface area contributed by atoms with E-state index in [1.807, 2.05) is 7.05 Å². The molecule has 3 rings (SSSR count). The van der Waals surface area contributed by atoms with Crippen LogP contribution >= 0.6 is 0 Å². The van der Waals surface area contributed by atoms with Crippen LogP contribution < -0.4 is 10.2 Å². The van der Waals surface area contributed by atoms with E-state index in [2.05, 4.69) is 28.2 Å². The van der Waals surface area contributed by atoms with Crippen molar-refractivity contribution in [2.24, 2.45) is 5.92 Å². The van der Waals surface area contributed by atoms with Gasteiger partial charge in [0.25, 0.3) is 0 Å². The predicted octanol–water partition coefficient (Wildman–Crippen LogP) is 3.63. The van der Waals surface area contributed by atoms with Gasteiger partial charge in [0.15, 0.2) is 0 Å². The first kappa shape index (κ1) is 14.6. The molecule has 2 atom stereocenters. The van der Waals surface area contributed by atoms with E-state index < -0.39 is 0 Å². The van der Waals surface area contributed by atoms with E-state index in [1.54, 1.807) is 0 Å². The van der Waals surface area contributed by atoms with Crippen LogP contribution in [-0.2, 0) is 6.42 Å². The molecule has 0 aromatic carbocycles. The second-order valence-electron chi connectivity index (χ2n) is 6.48. The van der Waals surface area contributed by atoms with Crippen LogP contribution in [0.4, 0.5) is 11.6 Å². The summed E-state index contributed by atoms with van der Waals surface area (Å²) in [5.74, 6) is 3.98. The molecule has 0 radical (unpaired) electrons. The van der Waals surface area contributed by atoms with Crippen molar-refractivity contribution in [3.63, 3.8) is 0 Å². The average molecular weight is 288 g/mol. The Kier molecular flexibility index (Phi) is 4.61. The third-order valence-electron chi connectivity index (χ3n) is 5.03. The number of anilines is 2. The SMILES string of the molecule is CCCc1nc(NC)cc(N2CCC[C@H]3CCCC[C@H]32)n1. The third-order valence-corrected chi connectivity index (χ3v) is 5.03. The molecule has 4 nitrogen and oxygen atoms in total. The molecule has 2 heterocycles. The minimum Gasteiger partial charge on any atom is -0.373 e. The van der Waals surface area contributed by atoms with Crippen LogP contribution in [0.15, 0.2) is 6.07 Å². The zero-order valence-electron chi connectivity index (χ0n) is 13.4. The maximum absolute atomic E-state index is 4.86. The molecule has 1 saturated heterocycles. The molecule has 1 saturated carbocycles. The highest BCUT2D eigenvalue weighted by atomic mass is 15.2. The lowest BCUT2D eigenvalue weighted by molar-refractivity contribution is 0.242. The Hall–Kier alpha value is -1.32. The molecule has 21 heavy (non-hydrogen) atoms. The van der Waals surface area contributed by atoms with Crippen molar-refractivity contribution in [2.75, 3.05) is 23.8 Å². The van der Waals surface area contributed by atoms with Gasteiger partial charge in [-0.25, -0.2) is 9.97 Å². The molecule has 1 aromatic rings. The largest absolute Gasteiger partial charge is 0.373 e. The van der Waals surface area contributed by atoms with Crippen molar-refractivity contribution in [3.05, 3.63) is 11.9 Å². The van der Waals surface area contributed by atoms with E-state index in [4.69, 9.17) is 4.98 Å². The molecule has 2 aliphatic rings. The molecule has 0 bridgehead atoms. The maximum Gasteiger partial charge on any atom is 0.134 e. The van der Waals surface area contributed by atoms with E-state index in [-0.39, 0.29) is 0 Å². The number of fused-ring (bicyclic) bond motifs is 1. The van der Waals surface area contributed by atoms with Crippen LogP contribution in [0.1, 0.15) is 57.7 Å². The normalized spacial score (nSPS) is 25.5. The van der Waals surface area contributed by atoms with Crippen LogP contribution in [0.5, 0.6) is 0 Å². The van der Waals surface area contributed by atoms with Crippen LogP contribution in [0.2, 0.25) is 0 Å². The Balaban J connectivity index is 1.88. The van der Waals surface area contributed by atoms with Crippen molar-refractivity contribution in [3.8, 4) is 0 Å². The Morgan fingerprint density at radius 3 is 2.81 bits per heavy atom.